The lowest BCUT2D eigenvalue weighted by atomic mass is 9.88. The molecule has 0 aliphatic rings. The number of hydrogen-bond donors (Lipinski definition) is 2. The van der Waals surface area contributed by atoms with Crippen LogP contribution in [0.4, 0.5) is 0 Å². The maximum absolute atomic E-state index is 4.03. The van der Waals surface area contributed by atoms with Gasteiger partial charge in [-0.3, -0.25) is 5.10 Å². The van der Waals surface area contributed by atoms with E-state index >= 15 is 0 Å². The van der Waals surface area contributed by atoms with Crippen LogP contribution in [0.25, 0.3) is 0 Å². The van der Waals surface area contributed by atoms with Crippen LogP contribution < -0.4 is 5.32 Å². The number of nitrogens with one attached hydrogen (secondary N) is 2. The molecule has 1 unspecified atom stereocenters. The van der Waals surface area contributed by atoms with Crippen LogP contribution in [0.2, 0.25) is 0 Å². The maximum atomic E-state index is 4.03. The minimum absolute atomic E-state index is 0.339. The van der Waals surface area contributed by atoms with Crippen LogP contribution >= 0.6 is 0 Å². The summed E-state index contributed by atoms with van der Waals surface area (Å²) < 4.78 is 0. The fourth-order valence-electron chi connectivity index (χ4n) is 1.53. The first-order valence-electron chi connectivity index (χ1n) is 6.13. The quantitative estimate of drug-likeness (QED) is 0.753. The molecule has 92 valence electrons. The van der Waals surface area contributed by atoms with Crippen molar-refractivity contribution < 1.29 is 0 Å². The minimum Gasteiger partial charge on any atom is -0.314 e. The smallest absolute Gasteiger partial charge is 0.0522 e. The lowest BCUT2D eigenvalue weighted by Crippen LogP contribution is -2.38. The summed E-state index contributed by atoms with van der Waals surface area (Å²) in [5, 5.41) is 10.6. The topological polar surface area (TPSA) is 40.7 Å². The number of aromatic nitrogens is 2. The molecule has 0 saturated heterocycles. The van der Waals surface area contributed by atoms with Gasteiger partial charge in [0.1, 0.15) is 0 Å². The summed E-state index contributed by atoms with van der Waals surface area (Å²) >= 11 is 0. The van der Waals surface area contributed by atoms with Crippen LogP contribution in [0.15, 0.2) is 6.20 Å². The molecule has 16 heavy (non-hydrogen) atoms. The Balaban J connectivity index is 2.20. The Morgan fingerprint density at radius 1 is 1.44 bits per heavy atom. The summed E-state index contributed by atoms with van der Waals surface area (Å²) in [5.41, 5.74) is 2.88. The van der Waals surface area contributed by atoms with E-state index in [1.807, 2.05) is 6.20 Å². The molecule has 2 N–H and O–H groups in total. The van der Waals surface area contributed by atoms with Gasteiger partial charge in [-0.15, -0.1) is 0 Å². The Hall–Kier alpha value is -0.830. The SMILES string of the molecule is Cc1[nH]ncc1CCCNC(C)C(C)(C)C. The molecule has 0 aliphatic heterocycles. The molecule has 1 rings (SSSR count). The summed E-state index contributed by atoms with van der Waals surface area (Å²) in [6, 6.07) is 0.554. The van der Waals surface area contributed by atoms with Gasteiger partial charge in [-0.05, 0) is 44.2 Å². The average Bonchev–Trinajstić information content (AvgIpc) is 2.57. The van der Waals surface area contributed by atoms with Crippen LogP contribution in [0.3, 0.4) is 0 Å². The molecule has 0 saturated carbocycles. The van der Waals surface area contributed by atoms with Gasteiger partial charge in [0.15, 0.2) is 0 Å². The Bertz CT molecular complexity index is 309. The Labute approximate surface area is 99.0 Å². The Kier molecular flexibility index (Phi) is 4.54. The van der Waals surface area contributed by atoms with E-state index in [-0.39, 0.29) is 0 Å². The summed E-state index contributed by atoms with van der Waals surface area (Å²) in [7, 11) is 0. The van der Waals surface area contributed by atoms with E-state index in [4.69, 9.17) is 0 Å². The predicted molar refractivity (Wildman–Crippen MR) is 68.6 cm³/mol. The van der Waals surface area contributed by atoms with Crippen molar-refractivity contribution in [2.24, 2.45) is 5.41 Å². The van der Waals surface area contributed by atoms with Crippen molar-refractivity contribution in [1.29, 1.82) is 0 Å². The number of rotatable bonds is 5. The summed E-state index contributed by atoms with van der Waals surface area (Å²) in [6.07, 6.45) is 4.20. The lowest BCUT2D eigenvalue weighted by molar-refractivity contribution is 0.286. The highest BCUT2D eigenvalue weighted by Crippen LogP contribution is 2.18. The first-order valence-corrected chi connectivity index (χ1v) is 6.13. The monoisotopic (exact) mass is 223 g/mol. The molecular formula is C13H25N3. The number of aryl methyl sites for hydroxylation is 2. The minimum atomic E-state index is 0.339. The van der Waals surface area contributed by atoms with Crippen LogP contribution in [-0.2, 0) is 6.42 Å². The molecule has 1 aromatic heterocycles. The van der Waals surface area contributed by atoms with Crippen molar-refractivity contribution in [3.8, 4) is 0 Å². The van der Waals surface area contributed by atoms with E-state index in [0.717, 1.165) is 13.0 Å². The van der Waals surface area contributed by atoms with Gasteiger partial charge < -0.3 is 5.32 Å². The molecule has 0 amide bonds. The molecule has 3 nitrogen and oxygen atoms in total. The first kappa shape index (κ1) is 13.2. The van der Waals surface area contributed by atoms with Crippen molar-refractivity contribution in [3.05, 3.63) is 17.5 Å². The second-order valence-corrected chi connectivity index (χ2v) is 5.67. The van der Waals surface area contributed by atoms with Crippen molar-refractivity contribution in [2.45, 2.75) is 53.5 Å². The van der Waals surface area contributed by atoms with E-state index in [2.05, 4.69) is 50.1 Å². The third kappa shape index (κ3) is 3.97. The summed E-state index contributed by atoms with van der Waals surface area (Å²) in [6.45, 7) is 12.2. The number of hydrogen-bond acceptors (Lipinski definition) is 2. The van der Waals surface area contributed by atoms with Gasteiger partial charge >= 0.3 is 0 Å². The second kappa shape index (κ2) is 5.48. The van der Waals surface area contributed by atoms with Crippen molar-refractivity contribution in [3.63, 3.8) is 0 Å². The van der Waals surface area contributed by atoms with Gasteiger partial charge in [0.05, 0.1) is 6.20 Å². The van der Waals surface area contributed by atoms with Crippen molar-refractivity contribution >= 4 is 0 Å². The van der Waals surface area contributed by atoms with E-state index in [1.165, 1.54) is 17.7 Å². The molecule has 0 spiro atoms. The number of aromatic amines is 1. The molecule has 0 bridgehead atoms. The highest BCUT2D eigenvalue weighted by atomic mass is 15.1. The van der Waals surface area contributed by atoms with Crippen molar-refractivity contribution in [2.75, 3.05) is 6.54 Å². The predicted octanol–water partition coefficient (Wildman–Crippen LogP) is 2.67. The number of nitrogens with zero attached hydrogens (tertiary/aromatic N) is 1. The third-order valence-corrected chi connectivity index (χ3v) is 3.31. The van der Waals surface area contributed by atoms with Crippen LogP contribution in [-0.4, -0.2) is 22.8 Å². The zero-order chi connectivity index (χ0) is 12.2. The van der Waals surface area contributed by atoms with Gasteiger partial charge in [0.2, 0.25) is 0 Å². The molecule has 1 heterocycles. The van der Waals surface area contributed by atoms with E-state index in [9.17, 15) is 0 Å². The summed E-state index contributed by atoms with van der Waals surface area (Å²) in [4.78, 5) is 0. The maximum Gasteiger partial charge on any atom is 0.0522 e. The van der Waals surface area contributed by atoms with Crippen LogP contribution in [0, 0.1) is 12.3 Å². The summed E-state index contributed by atoms with van der Waals surface area (Å²) in [5.74, 6) is 0. The van der Waals surface area contributed by atoms with E-state index in [1.54, 1.807) is 0 Å². The second-order valence-electron chi connectivity index (χ2n) is 5.67. The molecule has 1 aromatic rings. The standard InChI is InChI=1S/C13H25N3/c1-10-12(9-15-16-10)7-6-8-14-11(2)13(3,4)5/h9,11,14H,6-8H2,1-5H3,(H,15,16). The molecular weight excluding hydrogens is 198 g/mol. The van der Waals surface area contributed by atoms with E-state index < -0.39 is 0 Å². The number of H-pyrrole nitrogens is 1. The van der Waals surface area contributed by atoms with Crippen molar-refractivity contribution in [1.82, 2.24) is 15.5 Å². The fourth-order valence-corrected chi connectivity index (χ4v) is 1.53. The highest BCUT2D eigenvalue weighted by Gasteiger charge is 2.18. The molecule has 0 aliphatic carbocycles. The average molecular weight is 223 g/mol. The zero-order valence-corrected chi connectivity index (χ0v) is 11.2. The van der Waals surface area contributed by atoms with Gasteiger partial charge in [-0.25, -0.2) is 0 Å². The molecule has 0 fully saturated rings. The molecule has 0 radical (unpaired) electrons. The van der Waals surface area contributed by atoms with Crippen LogP contribution in [0.5, 0.6) is 0 Å². The van der Waals surface area contributed by atoms with Gasteiger partial charge in [0.25, 0.3) is 0 Å². The van der Waals surface area contributed by atoms with Gasteiger partial charge in [0, 0.05) is 11.7 Å². The third-order valence-electron chi connectivity index (χ3n) is 3.31. The fraction of sp³-hybridized carbons (Fsp3) is 0.769. The Morgan fingerprint density at radius 3 is 2.62 bits per heavy atom. The highest BCUT2D eigenvalue weighted by molar-refractivity contribution is 5.14. The zero-order valence-electron chi connectivity index (χ0n) is 11.2. The lowest BCUT2D eigenvalue weighted by Gasteiger charge is -2.28. The van der Waals surface area contributed by atoms with E-state index in [0.29, 0.717) is 11.5 Å². The van der Waals surface area contributed by atoms with Gasteiger partial charge in [-0.1, -0.05) is 20.8 Å². The molecule has 1 atom stereocenters. The first-order chi connectivity index (χ1) is 7.41. The largest absolute Gasteiger partial charge is 0.314 e. The Morgan fingerprint density at radius 2 is 2.12 bits per heavy atom. The normalized spacial score (nSPS) is 14.1. The molecule has 3 heteroatoms. The van der Waals surface area contributed by atoms with Crippen LogP contribution in [0.1, 0.15) is 45.4 Å². The van der Waals surface area contributed by atoms with Gasteiger partial charge in [-0.2, -0.15) is 5.10 Å². The molecule has 0 aromatic carbocycles.